The summed E-state index contributed by atoms with van der Waals surface area (Å²) < 4.78 is 28.3. The van der Waals surface area contributed by atoms with Crippen LogP contribution in [0.3, 0.4) is 0 Å². The number of hydrogen-bond donors (Lipinski definition) is 2. The Kier molecular flexibility index (Phi) is 6.96. The van der Waals surface area contributed by atoms with Crippen molar-refractivity contribution >= 4 is 33.3 Å². The van der Waals surface area contributed by atoms with E-state index in [1.54, 1.807) is 11.0 Å². The van der Waals surface area contributed by atoms with Gasteiger partial charge in [0, 0.05) is 38.4 Å². The lowest BCUT2D eigenvalue weighted by molar-refractivity contribution is 0.132. The number of rotatable bonds is 6. The lowest BCUT2D eigenvalue weighted by Crippen LogP contribution is -2.50. The third-order valence-electron chi connectivity index (χ3n) is 4.60. The molecule has 1 saturated heterocycles. The molecule has 0 unspecified atom stereocenters. The standard InChI is InChI=1S/C19H23ClN4O4S/c20-17-3-1-2-4-18(17)28-14-13-23-9-11-24(12-10-23)19(25)22-15-5-7-16(8-6-15)29(21,26)27/h1-8H,9-14H2,(H,22,25)(H2,21,26,27). The number of sulfonamides is 1. The Balaban J connectivity index is 1.42. The van der Waals surface area contributed by atoms with Crippen LogP contribution >= 0.6 is 11.6 Å². The predicted molar refractivity (Wildman–Crippen MR) is 112 cm³/mol. The fraction of sp³-hybridized carbons (Fsp3) is 0.316. The van der Waals surface area contributed by atoms with E-state index in [1.165, 1.54) is 24.3 Å². The molecular weight excluding hydrogens is 416 g/mol. The van der Waals surface area contributed by atoms with Crippen molar-refractivity contribution in [3.8, 4) is 5.75 Å². The first-order valence-electron chi connectivity index (χ1n) is 9.11. The number of anilines is 1. The molecule has 0 aromatic heterocycles. The average Bonchev–Trinajstić information content (AvgIpc) is 2.70. The van der Waals surface area contributed by atoms with Gasteiger partial charge in [-0.1, -0.05) is 23.7 Å². The van der Waals surface area contributed by atoms with Crippen molar-refractivity contribution in [2.75, 3.05) is 44.6 Å². The van der Waals surface area contributed by atoms with Gasteiger partial charge in [0.2, 0.25) is 10.0 Å². The largest absolute Gasteiger partial charge is 0.491 e. The molecule has 0 saturated carbocycles. The molecule has 1 fully saturated rings. The molecule has 1 aliphatic heterocycles. The number of urea groups is 1. The molecule has 0 aliphatic carbocycles. The molecule has 8 nitrogen and oxygen atoms in total. The summed E-state index contributed by atoms with van der Waals surface area (Å²) in [6, 6.07) is 12.9. The van der Waals surface area contributed by atoms with E-state index < -0.39 is 10.0 Å². The van der Waals surface area contributed by atoms with Crippen LogP contribution in [-0.2, 0) is 10.0 Å². The van der Waals surface area contributed by atoms with Gasteiger partial charge in [-0.2, -0.15) is 0 Å². The third-order valence-corrected chi connectivity index (χ3v) is 5.84. The Morgan fingerprint density at radius 3 is 2.34 bits per heavy atom. The molecule has 0 bridgehead atoms. The number of nitrogens with two attached hydrogens (primary N) is 1. The number of primary sulfonamides is 1. The lowest BCUT2D eigenvalue weighted by atomic mass is 10.3. The van der Waals surface area contributed by atoms with Crippen LogP contribution in [0.5, 0.6) is 5.75 Å². The zero-order valence-electron chi connectivity index (χ0n) is 15.8. The van der Waals surface area contributed by atoms with E-state index in [-0.39, 0.29) is 10.9 Å². The molecule has 1 heterocycles. The van der Waals surface area contributed by atoms with Gasteiger partial charge in [0.15, 0.2) is 0 Å². The highest BCUT2D eigenvalue weighted by atomic mass is 35.5. The number of ether oxygens (including phenoxy) is 1. The van der Waals surface area contributed by atoms with Crippen LogP contribution in [0.1, 0.15) is 0 Å². The minimum absolute atomic E-state index is 0.00289. The normalized spacial score (nSPS) is 15.2. The lowest BCUT2D eigenvalue weighted by Gasteiger charge is -2.34. The quantitative estimate of drug-likeness (QED) is 0.719. The van der Waals surface area contributed by atoms with Gasteiger partial charge in [0.25, 0.3) is 0 Å². The molecule has 156 valence electrons. The number of hydrogen-bond acceptors (Lipinski definition) is 5. The minimum atomic E-state index is -3.75. The van der Waals surface area contributed by atoms with Crippen LogP contribution < -0.4 is 15.2 Å². The first-order chi connectivity index (χ1) is 13.8. The van der Waals surface area contributed by atoms with E-state index in [0.717, 1.165) is 19.6 Å². The number of para-hydroxylation sites is 1. The zero-order valence-corrected chi connectivity index (χ0v) is 17.3. The molecule has 3 N–H and O–H groups in total. The first kappa shape index (κ1) is 21.4. The fourth-order valence-corrected chi connectivity index (χ4v) is 3.66. The number of nitrogens with zero attached hydrogens (tertiary/aromatic N) is 2. The van der Waals surface area contributed by atoms with E-state index in [2.05, 4.69) is 10.2 Å². The number of benzene rings is 2. The number of carbonyl (C=O) groups is 1. The fourth-order valence-electron chi connectivity index (χ4n) is 2.95. The Morgan fingerprint density at radius 1 is 1.07 bits per heavy atom. The van der Waals surface area contributed by atoms with Crippen molar-refractivity contribution < 1.29 is 17.9 Å². The monoisotopic (exact) mass is 438 g/mol. The molecule has 0 spiro atoms. The molecule has 10 heteroatoms. The van der Waals surface area contributed by atoms with Crippen molar-refractivity contribution in [2.24, 2.45) is 5.14 Å². The molecular formula is C19H23ClN4O4S. The SMILES string of the molecule is NS(=O)(=O)c1ccc(NC(=O)N2CCN(CCOc3ccccc3Cl)CC2)cc1. The molecule has 1 aliphatic rings. The second-order valence-electron chi connectivity index (χ2n) is 6.61. The minimum Gasteiger partial charge on any atom is -0.491 e. The van der Waals surface area contributed by atoms with E-state index in [0.29, 0.717) is 36.2 Å². The van der Waals surface area contributed by atoms with Crippen LogP contribution in [0.2, 0.25) is 5.02 Å². The summed E-state index contributed by atoms with van der Waals surface area (Å²) in [6.45, 7) is 3.93. The summed E-state index contributed by atoms with van der Waals surface area (Å²) in [6.07, 6.45) is 0. The van der Waals surface area contributed by atoms with Gasteiger partial charge in [-0.15, -0.1) is 0 Å². The van der Waals surface area contributed by atoms with Gasteiger partial charge in [0.05, 0.1) is 9.92 Å². The van der Waals surface area contributed by atoms with Crippen molar-refractivity contribution in [1.82, 2.24) is 9.80 Å². The van der Waals surface area contributed by atoms with Crippen molar-refractivity contribution in [2.45, 2.75) is 4.90 Å². The maximum absolute atomic E-state index is 12.4. The predicted octanol–water partition coefficient (Wildman–Crippen LogP) is 2.22. The van der Waals surface area contributed by atoms with Crippen LogP contribution in [-0.4, -0.2) is 63.6 Å². The molecule has 2 aromatic rings. The Hall–Kier alpha value is -2.33. The van der Waals surface area contributed by atoms with Crippen LogP contribution in [0.4, 0.5) is 10.5 Å². The first-order valence-corrected chi connectivity index (χ1v) is 11.0. The number of nitrogens with one attached hydrogen (secondary N) is 1. The highest BCUT2D eigenvalue weighted by Gasteiger charge is 2.21. The Labute approximate surface area is 175 Å². The topological polar surface area (TPSA) is 105 Å². The summed E-state index contributed by atoms with van der Waals surface area (Å²) in [5.74, 6) is 0.667. The Bertz CT molecular complexity index is 945. The summed E-state index contributed by atoms with van der Waals surface area (Å²) in [4.78, 5) is 16.4. The van der Waals surface area contributed by atoms with E-state index in [4.69, 9.17) is 21.5 Å². The maximum Gasteiger partial charge on any atom is 0.321 e. The van der Waals surface area contributed by atoms with Gasteiger partial charge < -0.3 is 15.0 Å². The van der Waals surface area contributed by atoms with Gasteiger partial charge in [-0.25, -0.2) is 18.4 Å². The van der Waals surface area contributed by atoms with Gasteiger partial charge in [-0.3, -0.25) is 4.90 Å². The van der Waals surface area contributed by atoms with Gasteiger partial charge in [-0.05, 0) is 36.4 Å². The molecule has 0 radical (unpaired) electrons. The second-order valence-corrected chi connectivity index (χ2v) is 8.58. The van der Waals surface area contributed by atoms with Crippen LogP contribution in [0, 0.1) is 0 Å². The number of piperazine rings is 1. The summed E-state index contributed by atoms with van der Waals surface area (Å²) in [7, 11) is -3.75. The van der Waals surface area contributed by atoms with Crippen molar-refractivity contribution in [3.05, 3.63) is 53.6 Å². The average molecular weight is 439 g/mol. The van der Waals surface area contributed by atoms with Gasteiger partial charge >= 0.3 is 6.03 Å². The van der Waals surface area contributed by atoms with E-state index in [9.17, 15) is 13.2 Å². The summed E-state index contributed by atoms with van der Waals surface area (Å²) >= 11 is 6.07. The van der Waals surface area contributed by atoms with Crippen LogP contribution in [0.15, 0.2) is 53.4 Å². The number of amides is 2. The molecule has 0 atom stereocenters. The maximum atomic E-state index is 12.4. The number of carbonyl (C=O) groups excluding carboxylic acids is 1. The third kappa shape index (κ3) is 6.07. The number of halogens is 1. The smallest absolute Gasteiger partial charge is 0.321 e. The van der Waals surface area contributed by atoms with E-state index >= 15 is 0 Å². The highest BCUT2D eigenvalue weighted by molar-refractivity contribution is 7.89. The van der Waals surface area contributed by atoms with Gasteiger partial charge in [0.1, 0.15) is 12.4 Å². The molecule has 29 heavy (non-hydrogen) atoms. The van der Waals surface area contributed by atoms with Crippen molar-refractivity contribution in [3.63, 3.8) is 0 Å². The van der Waals surface area contributed by atoms with Crippen LogP contribution in [0.25, 0.3) is 0 Å². The second kappa shape index (κ2) is 9.45. The highest BCUT2D eigenvalue weighted by Crippen LogP contribution is 2.23. The molecule has 2 aromatic carbocycles. The van der Waals surface area contributed by atoms with E-state index in [1.807, 2.05) is 18.2 Å². The molecule has 2 amide bonds. The zero-order chi connectivity index (χ0) is 20.9. The molecule has 3 rings (SSSR count). The summed E-state index contributed by atoms with van der Waals surface area (Å²) in [5.41, 5.74) is 0.512. The Morgan fingerprint density at radius 2 is 1.72 bits per heavy atom. The summed E-state index contributed by atoms with van der Waals surface area (Å²) in [5, 5.41) is 8.43. The van der Waals surface area contributed by atoms with Crippen molar-refractivity contribution in [1.29, 1.82) is 0 Å².